The number of hydrogen-bond acceptors (Lipinski definition) is 4. The fourth-order valence-corrected chi connectivity index (χ4v) is 2.34. The van der Waals surface area contributed by atoms with Crippen molar-refractivity contribution in [3.63, 3.8) is 0 Å². The van der Waals surface area contributed by atoms with Gasteiger partial charge in [0, 0.05) is 12.0 Å². The van der Waals surface area contributed by atoms with Gasteiger partial charge in [0.15, 0.2) is 0 Å². The van der Waals surface area contributed by atoms with E-state index in [1.54, 1.807) is 30.3 Å². The summed E-state index contributed by atoms with van der Waals surface area (Å²) in [5.74, 6) is -0.884. The third-order valence-corrected chi connectivity index (χ3v) is 3.56. The van der Waals surface area contributed by atoms with Gasteiger partial charge in [-0.3, -0.25) is 4.79 Å². The number of anilines is 1. The molecule has 118 valence electrons. The van der Waals surface area contributed by atoms with Gasteiger partial charge in [-0.05, 0) is 30.7 Å². The molecule has 0 radical (unpaired) electrons. The maximum Gasteiger partial charge on any atom is 0.268 e. The maximum absolute atomic E-state index is 13.7. The van der Waals surface area contributed by atoms with Gasteiger partial charge in [0.1, 0.15) is 11.6 Å². The van der Waals surface area contributed by atoms with Crippen molar-refractivity contribution >= 4 is 17.3 Å². The van der Waals surface area contributed by atoms with E-state index in [-0.39, 0.29) is 12.2 Å². The number of aromatic hydroxyl groups is 1. The predicted molar refractivity (Wildman–Crippen MR) is 83.9 cm³/mol. The van der Waals surface area contributed by atoms with Crippen LogP contribution in [-0.2, 0) is 9.63 Å². The van der Waals surface area contributed by atoms with Gasteiger partial charge < -0.3 is 15.3 Å². The molecule has 0 aliphatic carbocycles. The minimum Gasteiger partial charge on any atom is -0.506 e. The van der Waals surface area contributed by atoms with Crippen LogP contribution < -0.4 is 5.32 Å². The average Bonchev–Trinajstić information content (AvgIpc) is 3.01. The van der Waals surface area contributed by atoms with E-state index in [2.05, 4.69) is 10.5 Å². The minimum atomic E-state index is -0.857. The fourth-order valence-electron chi connectivity index (χ4n) is 2.34. The van der Waals surface area contributed by atoms with E-state index in [0.29, 0.717) is 17.0 Å². The zero-order valence-corrected chi connectivity index (χ0v) is 12.4. The van der Waals surface area contributed by atoms with E-state index in [9.17, 15) is 14.3 Å². The monoisotopic (exact) mass is 314 g/mol. The molecule has 1 heterocycles. The van der Waals surface area contributed by atoms with Crippen LogP contribution in [-0.4, -0.2) is 22.8 Å². The van der Waals surface area contributed by atoms with Crippen molar-refractivity contribution in [3.05, 3.63) is 59.4 Å². The van der Waals surface area contributed by atoms with Crippen LogP contribution in [0, 0.1) is 12.7 Å². The number of halogens is 1. The lowest BCUT2D eigenvalue weighted by Crippen LogP contribution is -2.28. The number of carbonyl (C=O) groups excluding carboxylic acids is 1. The summed E-state index contributed by atoms with van der Waals surface area (Å²) in [6, 6.07) is 11.1. The Balaban J connectivity index is 1.69. The smallest absolute Gasteiger partial charge is 0.268 e. The normalized spacial score (nSPS) is 16.6. The highest BCUT2D eigenvalue weighted by Crippen LogP contribution is 2.25. The van der Waals surface area contributed by atoms with Crippen LogP contribution >= 0.6 is 0 Å². The molecule has 1 amide bonds. The Kier molecular flexibility index (Phi) is 3.97. The molecule has 0 bridgehead atoms. The van der Waals surface area contributed by atoms with Crippen molar-refractivity contribution in [2.24, 2.45) is 5.16 Å². The van der Waals surface area contributed by atoms with Crippen LogP contribution in [0.15, 0.2) is 47.6 Å². The summed E-state index contributed by atoms with van der Waals surface area (Å²) in [5.41, 5.74) is 1.91. The molecule has 0 spiro atoms. The van der Waals surface area contributed by atoms with Gasteiger partial charge in [0.25, 0.3) is 5.91 Å². The van der Waals surface area contributed by atoms with Gasteiger partial charge in [-0.15, -0.1) is 0 Å². The molecule has 1 aliphatic rings. The number of hydrogen-bond donors (Lipinski definition) is 2. The number of carbonyl (C=O) groups is 1. The summed E-state index contributed by atoms with van der Waals surface area (Å²) in [5, 5.41) is 16.2. The molecule has 23 heavy (non-hydrogen) atoms. The molecule has 2 aromatic rings. The summed E-state index contributed by atoms with van der Waals surface area (Å²) >= 11 is 0. The topological polar surface area (TPSA) is 70.9 Å². The van der Waals surface area contributed by atoms with Gasteiger partial charge in [0.2, 0.25) is 6.10 Å². The number of phenolic OH excluding ortho intramolecular Hbond substituents is 1. The Morgan fingerprint density at radius 1 is 1.35 bits per heavy atom. The molecule has 2 N–H and O–H groups in total. The maximum atomic E-state index is 13.7. The van der Waals surface area contributed by atoms with Gasteiger partial charge in [-0.2, -0.15) is 0 Å². The third kappa shape index (κ3) is 3.15. The second-order valence-electron chi connectivity index (χ2n) is 5.33. The second-order valence-corrected chi connectivity index (χ2v) is 5.33. The molecule has 6 heteroatoms. The van der Waals surface area contributed by atoms with Gasteiger partial charge in [-0.25, -0.2) is 4.39 Å². The number of aryl methyl sites for hydroxylation is 1. The van der Waals surface area contributed by atoms with E-state index in [1.165, 1.54) is 12.1 Å². The number of phenols is 1. The molecule has 1 unspecified atom stereocenters. The van der Waals surface area contributed by atoms with Crippen LogP contribution in [0.3, 0.4) is 0 Å². The Bertz CT molecular complexity index is 789. The first-order chi connectivity index (χ1) is 11.0. The summed E-state index contributed by atoms with van der Waals surface area (Å²) in [4.78, 5) is 17.3. The predicted octanol–water partition coefficient (Wildman–Crippen LogP) is 2.97. The van der Waals surface area contributed by atoms with Crippen LogP contribution in [0.1, 0.15) is 17.5 Å². The lowest BCUT2D eigenvalue weighted by molar-refractivity contribution is -0.125. The van der Waals surface area contributed by atoms with E-state index < -0.39 is 17.8 Å². The molecule has 0 fully saturated rings. The summed E-state index contributed by atoms with van der Waals surface area (Å²) in [6.07, 6.45) is -0.691. The SMILES string of the molecule is Cc1ccc(O)c(NC(=O)C2CC(c3ccccc3F)=NO2)c1. The Hall–Kier alpha value is -2.89. The van der Waals surface area contributed by atoms with E-state index >= 15 is 0 Å². The molecular formula is C17H15FN2O3. The number of nitrogens with zero attached hydrogens (tertiary/aromatic N) is 1. The van der Waals surface area contributed by atoms with Crippen molar-refractivity contribution in [1.82, 2.24) is 0 Å². The van der Waals surface area contributed by atoms with E-state index in [4.69, 9.17) is 4.84 Å². The zero-order chi connectivity index (χ0) is 16.4. The van der Waals surface area contributed by atoms with Crippen LogP contribution in [0.4, 0.5) is 10.1 Å². The van der Waals surface area contributed by atoms with Gasteiger partial charge in [0.05, 0.1) is 11.4 Å². The van der Waals surface area contributed by atoms with E-state index in [0.717, 1.165) is 5.56 Å². The molecule has 0 aromatic heterocycles. The molecule has 3 rings (SSSR count). The van der Waals surface area contributed by atoms with Crippen LogP contribution in [0.2, 0.25) is 0 Å². The average molecular weight is 314 g/mol. The van der Waals surface area contributed by atoms with E-state index in [1.807, 2.05) is 6.92 Å². The largest absolute Gasteiger partial charge is 0.506 e. The molecular weight excluding hydrogens is 299 g/mol. The highest BCUT2D eigenvalue weighted by atomic mass is 19.1. The molecule has 1 atom stereocenters. The fraction of sp³-hybridized carbons (Fsp3) is 0.176. The number of amides is 1. The van der Waals surface area contributed by atoms with Crippen molar-refractivity contribution in [2.75, 3.05) is 5.32 Å². The standard InChI is InChI=1S/C17H15FN2O3/c1-10-6-7-15(21)14(8-10)19-17(22)16-9-13(20-23-16)11-4-2-3-5-12(11)18/h2-8,16,21H,9H2,1H3,(H,19,22). The molecule has 1 aliphatic heterocycles. The number of oxime groups is 1. The summed E-state index contributed by atoms with van der Waals surface area (Å²) in [7, 11) is 0. The first kappa shape index (κ1) is 15.0. The Morgan fingerprint density at radius 2 is 2.13 bits per heavy atom. The van der Waals surface area contributed by atoms with Crippen LogP contribution in [0.25, 0.3) is 0 Å². The molecule has 2 aromatic carbocycles. The first-order valence-electron chi connectivity index (χ1n) is 7.12. The third-order valence-electron chi connectivity index (χ3n) is 3.56. The van der Waals surface area contributed by atoms with Crippen molar-refractivity contribution < 1.29 is 19.1 Å². The second kappa shape index (κ2) is 6.08. The minimum absolute atomic E-state index is 0.0304. The van der Waals surface area contributed by atoms with Crippen molar-refractivity contribution in [2.45, 2.75) is 19.4 Å². The molecule has 5 nitrogen and oxygen atoms in total. The van der Waals surface area contributed by atoms with Crippen molar-refractivity contribution in [1.29, 1.82) is 0 Å². The molecule has 0 saturated heterocycles. The molecule has 0 saturated carbocycles. The Morgan fingerprint density at radius 3 is 2.91 bits per heavy atom. The number of benzene rings is 2. The van der Waals surface area contributed by atoms with Gasteiger partial charge in [-0.1, -0.05) is 29.4 Å². The van der Waals surface area contributed by atoms with Gasteiger partial charge >= 0.3 is 0 Å². The quantitative estimate of drug-likeness (QED) is 0.856. The van der Waals surface area contributed by atoms with Crippen LogP contribution in [0.5, 0.6) is 5.75 Å². The number of rotatable bonds is 3. The lowest BCUT2D eigenvalue weighted by Gasteiger charge is -2.11. The summed E-state index contributed by atoms with van der Waals surface area (Å²) in [6.45, 7) is 1.85. The Labute approximate surface area is 132 Å². The first-order valence-corrected chi connectivity index (χ1v) is 7.12. The summed E-state index contributed by atoms with van der Waals surface area (Å²) < 4.78 is 13.7. The highest BCUT2D eigenvalue weighted by Gasteiger charge is 2.30. The zero-order valence-electron chi connectivity index (χ0n) is 12.4. The van der Waals surface area contributed by atoms with Crippen molar-refractivity contribution in [3.8, 4) is 5.75 Å². The number of nitrogens with one attached hydrogen (secondary N) is 1. The lowest BCUT2D eigenvalue weighted by atomic mass is 10.0. The highest BCUT2D eigenvalue weighted by molar-refractivity contribution is 6.06.